The fourth-order valence-corrected chi connectivity index (χ4v) is 3.70. The minimum Gasteiger partial charge on any atom is -0.482 e. The Kier molecular flexibility index (Phi) is 6.79. The van der Waals surface area contributed by atoms with Crippen molar-refractivity contribution in [1.29, 1.82) is 0 Å². The van der Waals surface area contributed by atoms with Crippen molar-refractivity contribution < 1.29 is 23.9 Å². The van der Waals surface area contributed by atoms with Crippen LogP contribution in [0.15, 0.2) is 48.5 Å². The number of anilines is 1. The van der Waals surface area contributed by atoms with Gasteiger partial charge in [-0.15, -0.1) is 0 Å². The van der Waals surface area contributed by atoms with Gasteiger partial charge in [-0.3, -0.25) is 9.59 Å². The fourth-order valence-electron chi connectivity index (χ4n) is 3.40. The SMILES string of the molecule is Cc1ccc(Cn2nc(C)c(C=CC(=O)OCC(=O)c3ccc4c(c3)NC(=O)CO4)c2Cl)cc1. The molecule has 1 aliphatic heterocycles. The molecule has 0 saturated carbocycles. The molecule has 0 atom stereocenters. The maximum absolute atomic E-state index is 12.4. The third-order valence-electron chi connectivity index (χ3n) is 5.23. The molecule has 3 aromatic rings. The first-order chi connectivity index (χ1) is 16.3. The molecule has 1 N–H and O–H groups in total. The van der Waals surface area contributed by atoms with Crippen LogP contribution in [0.4, 0.5) is 5.69 Å². The Morgan fingerprint density at radius 2 is 1.97 bits per heavy atom. The molecule has 8 nitrogen and oxygen atoms in total. The van der Waals surface area contributed by atoms with Crippen LogP contribution in [0.3, 0.4) is 0 Å². The van der Waals surface area contributed by atoms with Crippen molar-refractivity contribution in [2.75, 3.05) is 18.5 Å². The molecule has 1 aromatic heterocycles. The Bertz CT molecular complexity index is 1290. The van der Waals surface area contributed by atoms with Crippen LogP contribution in [0.25, 0.3) is 6.08 Å². The lowest BCUT2D eigenvalue weighted by Gasteiger charge is -2.18. The number of benzene rings is 2. The summed E-state index contributed by atoms with van der Waals surface area (Å²) >= 11 is 6.47. The largest absolute Gasteiger partial charge is 0.482 e. The van der Waals surface area contributed by atoms with Gasteiger partial charge in [0.05, 0.1) is 17.9 Å². The minimum atomic E-state index is -0.690. The van der Waals surface area contributed by atoms with Crippen molar-refractivity contribution in [3.8, 4) is 5.75 Å². The van der Waals surface area contributed by atoms with Crippen LogP contribution in [0, 0.1) is 13.8 Å². The van der Waals surface area contributed by atoms with E-state index in [1.54, 1.807) is 23.7 Å². The molecule has 34 heavy (non-hydrogen) atoms. The van der Waals surface area contributed by atoms with E-state index in [2.05, 4.69) is 10.4 Å². The summed E-state index contributed by atoms with van der Waals surface area (Å²) in [6, 6.07) is 12.7. The summed E-state index contributed by atoms with van der Waals surface area (Å²) in [4.78, 5) is 36.0. The highest BCUT2D eigenvalue weighted by molar-refractivity contribution is 6.31. The zero-order valence-corrected chi connectivity index (χ0v) is 19.4. The number of rotatable bonds is 7. The minimum absolute atomic E-state index is 0.0708. The molecular weight excluding hydrogens is 458 g/mol. The Hall–Kier alpha value is -3.91. The molecule has 0 spiro atoms. The lowest BCUT2D eigenvalue weighted by Crippen LogP contribution is -2.25. The average Bonchev–Trinajstić information content (AvgIpc) is 3.09. The number of nitrogens with zero attached hydrogens (tertiary/aromatic N) is 2. The van der Waals surface area contributed by atoms with Crippen molar-refractivity contribution in [2.45, 2.75) is 20.4 Å². The molecule has 0 radical (unpaired) electrons. The molecular formula is C25H22ClN3O5. The average molecular weight is 480 g/mol. The van der Waals surface area contributed by atoms with Gasteiger partial charge in [0, 0.05) is 17.2 Å². The number of nitrogens with one attached hydrogen (secondary N) is 1. The number of aryl methyl sites for hydroxylation is 2. The molecule has 2 aromatic carbocycles. The molecule has 174 valence electrons. The van der Waals surface area contributed by atoms with Gasteiger partial charge < -0.3 is 14.8 Å². The van der Waals surface area contributed by atoms with E-state index in [0.29, 0.717) is 34.4 Å². The standard InChI is InChI=1S/C25H22ClN3O5/c1-15-3-5-17(6-4-15)12-29-25(26)19(16(2)28-29)8-10-24(32)34-13-21(30)18-7-9-22-20(11-18)27-23(31)14-33-22/h3-11H,12-14H2,1-2H3,(H,27,31). The Labute approximate surface area is 201 Å². The summed E-state index contributed by atoms with van der Waals surface area (Å²) in [5.74, 6) is -0.926. The molecule has 2 heterocycles. The van der Waals surface area contributed by atoms with E-state index in [1.165, 1.54) is 23.8 Å². The molecule has 0 aliphatic carbocycles. The number of halogens is 1. The number of hydrogen-bond acceptors (Lipinski definition) is 6. The van der Waals surface area contributed by atoms with Crippen molar-refractivity contribution in [3.05, 3.63) is 81.6 Å². The highest BCUT2D eigenvalue weighted by atomic mass is 35.5. The van der Waals surface area contributed by atoms with Crippen molar-refractivity contribution >= 4 is 41.0 Å². The first kappa shape index (κ1) is 23.3. The number of aromatic nitrogens is 2. The van der Waals surface area contributed by atoms with Gasteiger partial charge in [0.25, 0.3) is 5.91 Å². The monoisotopic (exact) mass is 479 g/mol. The van der Waals surface area contributed by atoms with Crippen LogP contribution in [-0.2, 0) is 20.9 Å². The molecule has 1 amide bonds. The van der Waals surface area contributed by atoms with Gasteiger partial charge >= 0.3 is 5.97 Å². The van der Waals surface area contributed by atoms with Crippen molar-refractivity contribution in [1.82, 2.24) is 9.78 Å². The molecule has 0 saturated heterocycles. The van der Waals surface area contributed by atoms with E-state index in [9.17, 15) is 14.4 Å². The van der Waals surface area contributed by atoms with E-state index in [4.69, 9.17) is 21.1 Å². The second kappa shape index (κ2) is 9.93. The smallest absolute Gasteiger partial charge is 0.331 e. The Morgan fingerprint density at radius 3 is 2.74 bits per heavy atom. The summed E-state index contributed by atoms with van der Waals surface area (Å²) < 4.78 is 12.0. The van der Waals surface area contributed by atoms with Crippen LogP contribution >= 0.6 is 11.6 Å². The van der Waals surface area contributed by atoms with Crippen molar-refractivity contribution in [3.63, 3.8) is 0 Å². The third-order valence-corrected chi connectivity index (χ3v) is 5.63. The predicted octanol–water partition coefficient (Wildman–Crippen LogP) is 3.97. The molecule has 1 aliphatic rings. The van der Waals surface area contributed by atoms with Crippen LogP contribution < -0.4 is 10.1 Å². The zero-order chi connectivity index (χ0) is 24.2. The van der Waals surface area contributed by atoms with E-state index in [-0.39, 0.29) is 18.1 Å². The lowest BCUT2D eigenvalue weighted by molar-refractivity contribution is -0.136. The molecule has 9 heteroatoms. The second-order valence-electron chi connectivity index (χ2n) is 7.85. The highest BCUT2D eigenvalue weighted by Gasteiger charge is 2.18. The predicted molar refractivity (Wildman–Crippen MR) is 127 cm³/mol. The van der Waals surface area contributed by atoms with E-state index in [1.807, 2.05) is 31.2 Å². The fraction of sp³-hybridized carbons (Fsp3) is 0.200. The summed E-state index contributed by atoms with van der Waals surface area (Å²) in [6.07, 6.45) is 2.73. The summed E-state index contributed by atoms with van der Waals surface area (Å²) in [5, 5.41) is 7.48. The number of carbonyl (C=O) groups is 3. The number of amides is 1. The maximum atomic E-state index is 12.4. The van der Waals surface area contributed by atoms with Crippen LogP contribution in [0.1, 0.15) is 32.7 Å². The van der Waals surface area contributed by atoms with E-state index in [0.717, 1.165) is 5.56 Å². The normalized spacial score (nSPS) is 12.7. The van der Waals surface area contributed by atoms with Crippen LogP contribution in [-0.4, -0.2) is 40.7 Å². The van der Waals surface area contributed by atoms with Gasteiger partial charge in [0.1, 0.15) is 10.9 Å². The number of fused-ring (bicyclic) bond motifs is 1. The van der Waals surface area contributed by atoms with Crippen molar-refractivity contribution in [2.24, 2.45) is 0 Å². The van der Waals surface area contributed by atoms with E-state index < -0.39 is 18.4 Å². The molecule has 0 fully saturated rings. The number of ketones is 1. The highest BCUT2D eigenvalue weighted by Crippen LogP contribution is 2.28. The van der Waals surface area contributed by atoms with Gasteiger partial charge in [0.2, 0.25) is 0 Å². The molecule has 0 bridgehead atoms. The van der Waals surface area contributed by atoms with Gasteiger partial charge in [-0.1, -0.05) is 41.4 Å². The molecule has 0 unspecified atom stereocenters. The maximum Gasteiger partial charge on any atom is 0.331 e. The zero-order valence-electron chi connectivity index (χ0n) is 18.6. The van der Waals surface area contributed by atoms with Crippen LogP contribution in [0.5, 0.6) is 5.75 Å². The van der Waals surface area contributed by atoms with E-state index >= 15 is 0 Å². The number of ether oxygens (including phenoxy) is 2. The van der Waals surface area contributed by atoms with Gasteiger partial charge in [0.15, 0.2) is 19.0 Å². The number of carbonyl (C=O) groups excluding carboxylic acids is 3. The molecule has 4 rings (SSSR count). The number of Topliss-reactive ketones (excluding diaryl/α,β-unsaturated/α-hetero) is 1. The summed E-state index contributed by atoms with van der Waals surface area (Å²) in [6.45, 7) is 3.80. The number of hydrogen-bond donors (Lipinski definition) is 1. The first-order valence-corrected chi connectivity index (χ1v) is 10.9. The first-order valence-electron chi connectivity index (χ1n) is 10.5. The summed E-state index contributed by atoms with van der Waals surface area (Å²) in [5.41, 5.74) is 4.17. The lowest BCUT2D eigenvalue weighted by atomic mass is 10.1. The van der Waals surface area contributed by atoms with Crippen LogP contribution in [0.2, 0.25) is 5.15 Å². The second-order valence-corrected chi connectivity index (χ2v) is 8.20. The summed E-state index contributed by atoms with van der Waals surface area (Å²) in [7, 11) is 0. The topological polar surface area (TPSA) is 99.5 Å². The van der Waals surface area contributed by atoms with Gasteiger partial charge in [-0.25, -0.2) is 9.48 Å². The van der Waals surface area contributed by atoms with Gasteiger partial charge in [-0.2, -0.15) is 5.10 Å². The Balaban J connectivity index is 1.36. The number of esters is 1. The third kappa shape index (κ3) is 5.35. The Morgan fingerprint density at radius 1 is 1.21 bits per heavy atom. The quantitative estimate of drug-likeness (QED) is 0.312. The van der Waals surface area contributed by atoms with Gasteiger partial charge in [-0.05, 0) is 43.7 Å².